The predicted molar refractivity (Wildman–Crippen MR) is 108 cm³/mol. The molecule has 26 heavy (non-hydrogen) atoms. The molecule has 1 unspecified atom stereocenters. The summed E-state index contributed by atoms with van der Waals surface area (Å²) >= 11 is 1.66. The Kier molecular flexibility index (Phi) is 8.21. The minimum atomic E-state index is -0.0703. The normalized spacial score (nSPS) is 20.8. The first kappa shape index (κ1) is 21.0. The molecule has 2 rings (SSSR count). The van der Waals surface area contributed by atoms with Gasteiger partial charge in [0.1, 0.15) is 5.82 Å². The van der Waals surface area contributed by atoms with Gasteiger partial charge in [0, 0.05) is 39.7 Å². The summed E-state index contributed by atoms with van der Waals surface area (Å²) in [6.45, 7) is 10.1. The van der Waals surface area contributed by atoms with Gasteiger partial charge in [0.2, 0.25) is 0 Å². The quantitative estimate of drug-likeness (QED) is 0.295. The summed E-state index contributed by atoms with van der Waals surface area (Å²) in [5, 5.41) is 16.4. The molecule has 1 aliphatic heterocycles. The molecule has 1 atom stereocenters. The highest BCUT2D eigenvalue weighted by atomic mass is 32.2. The van der Waals surface area contributed by atoms with Gasteiger partial charge in [-0.05, 0) is 38.4 Å². The summed E-state index contributed by atoms with van der Waals surface area (Å²) in [5.41, 5.74) is -0.0703. The molecule has 0 spiro atoms. The van der Waals surface area contributed by atoms with E-state index in [2.05, 4.69) is 57.4 Å². The Morgan fingerprint density at radius 2 is 2.19 bits per heavy atom. The Morgan fingerprint density at radius 1 is 1.38 bits per heavy atom. The lowest BCUT2D eigenvalue weighted by Crippen LogP contribution is -2.45. The number of hydrogen-bond donors (Lipinski definition) is 2. The number of aromatic nitrogens is 3. The number of hydrogen-bond acceptors (Lipinski definition) is 5. The minimum Gasteiger partial charge on any atom is -0.373 e. The van der Waals surface area contributed by atoms with Crippen LogP contribution in [0.2, 0.25) is 0 Å². The molecular formula is C18H34N6OS. The van der Waals surface area contributed by atoms with Crippen LogP contribution in [-0.2, 0) is 17.7 Å². The third-order valence-electron chi connectivity index (χ3n) is 4.55. The van der Waals surface area contributed by atoms with E-state index >= 15 is 0 Å². The average Bonchev–Trinajstić information content (AvgIpc) is 3.21. The number of thioether (sulfide) groups is 1. The molecule has 0 aliphatic carbocycles. The Bertz CT molecular complexity index is 580. The lowest BCUT2D eigenvalue weighted by Gasteiger charge is -2.24. The molecule has 0 aromatic carbocycles. The lowest BCUT2D eigenvalue weighted by atomic mass is 10.0. The third-order valence-corrected chi connectivity index (χ3v) is 5.21. The van der Waals surface area contributed by atoms with E-state index in [1.807, 2.05) is 0 Å². The molecule has 1 saturated heterocycles. The van der Waals surface area contributed by atoms with Crippen LogP contribution in [0, 0.1) is 5.92 Å². The van der Waals surface area contributed by atoms with E-state index < -0.39 is 0 Å². The van der Waals surface area contributed by atoms with Gasteiger partial charge in [0.05, 0.1) is 5.60 Å². The van der Waals surface area contributed by atoms with Crippen LogP contribution in [0.3, 0.4) is 0 Å². The largest absolute Gasteiger partial charge is 0.373 e. The van der Waals surface area contributed by atoms with Crippen LogP contribution in [0.5, 0.6) is 0 Å². The van der Waals surface area contributed by atoms with Crippen LogP contribution >= 0.6 is 11.8 Å². The Labute approximate surface area is 161 Å². The summed E-state index contributed by atoms with van der Waals surface area (Å²) in [6, 6.07) is 0. The van der Waals surface area contributed by atoms with E-state index in [1.54, 1.807) is 18.8 Å². The van der Waals surface area contributed by atoms with E-state index in [1.165, 1.54) is 0 Å². The number of nitrogens with one attached hydrogen (secondary N) is 2. The SMILES string of the molecule is CN=C(NCCCc1nnc(SC)n1CC(C)C)NCC1(C)CCCO1. The Morgan fingerprint density at radius 3 is 2.81 bits per heavy atom. The highest BCUT2D eigenvalue weighted by molar-refractivity contribution is 7.98. The Balaban J connectivity index is 1.76. The standard InChI is InChI=1S/C18H34N6OS/c1-14(2)12-24-15(22-23-17(24)26-5)8-6-10-20-16(19-4)21-13-18(3)9-7-11-25-18/h14H,6-13H2,1-5H3,(H2,19,20,21). The van der Waals surface area contributed by atoms with E-state index in [-0.39, 0.29) is 5.60 Å². The molecule has 2 heterocycles. The second-order valence-electron chi connectivity index (χ2n) is 7.47. The maximum absolute atomic E-state index is 5.81. The topological polar surface area (TPSA) is 76.4 Å². The van der Waals surface area contributed by atoms with Gasteiger partial charge in [-0.2, -0.15) is 0 Å². The van der Waals surface area contributed by atoms with Crippen molar-refractivity contribution in [1.82, 2.24) is 25.4 Å². The van der Waals surface area contributed by atoms with Gasteiger partial charge in [-0.15, -0.1) is 10.2 Å². The molecule has 148 valence electrons. The van der Waals surface area contributed by atoms with Crippen molar-refractivity contribution in [2.75, 3.05) is 33.0 Å². The van der Waals surface area contributed by atoms with Gasteiger partial charge < -0.3 is 19.9 Å². The summed E-state index contributed by atoms with van der Waals surface area (Å²) in [6.07, 6.45) is 6.18. The van der Waals surface area contributed by atoms with Gasteiger partial charge in [-0.25, -0.2) is 0 Å². The number of aryl methyl sites for hydroxylation is 1. The zero-order chi connectivity index (χ0) is 19.0. The number of rotatable bonds is 9. The monoisotopic (exact) mass is 382 g/mol. The van der Waals surface area contributed by atoms with Crippen LogP contribution in [0.1, 0.15) is 45.9 Å². The van der Waals surface area contributed by atoms with Gasteiger partial charge in [0.25, 0.3) is 0 Å². The van der Waals surface area contributed by atoms with Gasteiger partial charge in [-0.1, -0.05) is 25.6 Å². The highest BCUT2D eigenvalue weighted by Crippen LogP contribution is 2.23. The molecular weight excluding hydrogens is 348 g/mol. The van der Waals surface area contributed by atoms with Crippen molar-refractivity contribution in [3.8, 4) is 0 Å². The van der Waals surface area contributed by atoms with Crippen LogP contribution in [0.25, 0.3) is 0 Å². The lowest BCUT2D eigenvalue weighted by molar-refractivity contribution is 0.0243. The first-order valence-electron chi connectivity index (χ1n) is 9.52. The third kappa shape index (κ3) is 6.16. The maximum atomic E-state index is 5.81. The van der Waals surface area contributed by atoms with Crippen LogP contribution in [-0.4, -0.2) is 59.3 Å². The molecule has 8 heteroatoms. The number of aliphatic imine (C=N–C) groups is 1. The molecule has 0 radical (unpaired) electrons. The molecule has 1 fully saturated rings. The molecule has 7 nitrogen and oxygen atoms in total. The minimum absolute atomic E-state index is 0.0703. The van der Waals surface area contributed by atoms with Gasteiger partial charge in [0.15, 0.2) is 11.1 Å². The molecule has 1 aromatic heterocycles. The van der Waals surface area contributed by atoms with Crippen molar-refractivity contribution < 1.29 is 4.74 Å². The first-order chi connectivity index (χ1) is 12.5. The highest BCUT2D eigenvalue weighted by Gasteiger charge is 2.29. The smallest absolute Gasteiger partial charge is 0.191 e. The predicted octanol–water partition coefficient (Wildman–Crippen LogP) is 2.32. The summed E-state index contributed by atoms with van der Waals surface area (Å²) < 4.78 is 8.06. The van der Waals surface area contributed by atoms with Crippen molar-refractivity contribution >= 4 is 17.7 Å². The molecule has 0 bridgehead atoms. The van der Waals surface area contributed by atoms with E-state index in [0.717, 1.165) is 68.9 Å². The number of guanidine groups is 1. The van der Waals surface area contributed by atoms with Crippen molar-refractivity contribution in [3.63, 3.8) is 0 Å². The Hall–Kier alpha value is -1.28. The van der Waals surface area contributed by atoms with Crippen molar-refractivity contribution in [1.29, 1.82) is 0 Å². The molecule has 0 saturated carbocycles. The fourth-order valence-corrected chi connectivity index (χ4v) is 3.65. The van der Waals surface area contributed by atoms with E-state index in [9.17, 15) is 0 Å². The zero-order valence-electron chi connectivity index (χ0n) is 16.8. The van der Waals surface area contributed by atoms with Crippen molar-refractivity contribution in [2.24, 2.45) is 10.9 Å². The molecule has 1 aromatic rings. The van der Waals surface area contributed by atoms with Crippen molar-refractivity contribution in [2.45, 2.75) is 63.8 Å². The van der Waals surface area contributed by atoms with Crippen LogP contribution < -0.4 is 10.6 Å². The second kappa shape index (κ2) is 10.2. The zero-order valence-corrected chi connectivity index (χ0v) is 17.7. The average molecular weight is 383 g/mol. The second-order valence-corrected chi connectivity index (χ2v) is 8.24. The van der Waals surface area contributed by atoms with Crippen molar-refractivity contribution in [3.05, 3.63) is 5.82 Å². The van der Waals surface area contributed by atoms with E-state index in [4.69, 9.17) is 4.74 Å². The molecule has 1 aliphatic rings. The van der Waals surface area contributed by atoms with Crippen LogP contribution in [0.4, 0.5) is 0 Å². The summed E-state index contributed by atoms with van der Waals surface area (Å²) in [5.74, 6) is 2.48. The van der Waals surface area contributed by atoms with Crippen LogP contribution in [0.15, 0.2) is 10.1 Å². The summed E-state index contributed by atoms with van der Waals surface area (Å²) in [4.78, 5) is 4.30. The van der Waals surface area contributed by atoms with Gasteiger partial charge in [-0.3, -0.25) is 4.99 Å². The molecule has 2 N–H and O–H groups in total. The van der Waals surface area contributed by atoms with E-state index in [0.29, 0.717) is 5.92 Å². The summed E-state index contributed by atoms with van der Waals surface area (Å²) in [7, 11) is 1.80. The number of ether oxygens (including phenoxy) is 1. The number of nitrogens with zero attached hydrogens (tertiary/aromatic N) is 4. The first-order valence-corrected chi connectivity index (χ1v) is 10.7. The van der Waals surface area contributed by atoms with Gasteiger partial charge >= 0.3 is 0 Å². The maximum Gasteiger partial charge on any atom is 0.191 e. The fourth-order valence-electron chi connectivity index (χ4n) is 3.12. The fraction of sp³-hybridized carbons (Fsp3) is 0.833. The molecule has 0 amide bonds.